The maximum Gasteiger partial charge on any atom is 0.257 e. The van der Waals surface area contributed by atoms with Gasteiger partial charge in [-0.3, -0.25) is 4.79 Å². The van der Waals surface area contributed by atoms with Crippen LogP contribution in [0.3, 0.4) is 0 Å². The number of piperidine rings is 1. The number of likely N-dealkylation sites (tertiary alicyclic amines) is 1. The molecule has 4 rings (SSSR count). The van der Waals surface area contributed by atoms with E-state index in [4.69, 9.17) is 9.47 Å². The maximum atomic E-state index is 13.2. The molecule has 1 N–H and O–H groups in total. The van der Waals surface area contributed by atoms with Crippen LogP contribution in [0.1, 0.15) is 61.6 Å². The van der Waals surface area contributed by atoms with E-state index in [1.165, 1.54) is 5.56 Å². The topological polar surface area (TPSA) is 63.7 Å². The summed E-state index contributed by atoms with van der Waals surface area (Å²) in [5.74, 6) is 0.695. The molecule has 31 heavy (non-hydrogen) atoms. The van der Waals surface area contributed by atoms with E-state index in [0.29, 0.717) is 31.1 Å². The van der Waals surface area contributed by atoms with Gasteiger partial charge in [-0.1, -0.05) is 30.3 Å². The molecule has 0 radical (unpaired) electrons. The van der Waals surface area contributed by atoms with Crippen molar-refractivity contribution in [2.45, 2.75) is 57.3 Å². The first-order chi connectivity index (χ1) is 15.1. The van der Waals surface area contributed by atoms with Crippen LogP contribution in [0.5, 0.6) is 0 Å². The third-order valence-electron chi connectivity index (χ3n) is 6.39. The lowest BCUT2D eigenvalue weighted by molar-refractivity contribution is -0.190. The SMILES string of the molecule is CCNc1ncccc1C(=O)N1CCC2(CC1)CC(OCC)CC(c1ccccc1)O2. The Morgan fingerprint density at radius 3 is 2.68 bits per heavy atom. The molecule has 0 aliphatic carbocycles. The van der Waals surface area contributed by atoms with Crippen LogP contribution < -0.4 is 5.32 Å². The first-order valence-electron chi connectivity index (χ1n) is 11.5. The van der Waals surface area contributed by atoms with Crippen molar-refractivity contribution in [2.24, 2.45) is 0 Å². The van der Waals surface area contributed by atoms with Crippen LogP contribution in [0, 0.1) is 0 Å². The molecule has 0 bridgehead atoms. The van der Waals surface area contributed by atoms with Crippen molar-refractivity contribution < 1.29 is 14.3 Å². The molecule has 6 heteroatoms. The molecule has 1 spiro atoms. The fourth-order valence-corrected chi connectivity index (χ4v) is 4.87. The largest absolute Gasteiger partial charge is 0.378 e. The highest BCUT2D eigenvalue weighted by molar-refractivity contribution is 5.98. The molecule has 166 valence electrons. The lowest BCUT2D eigenvalue weighted by Gasteiger charge is -2.48. The second kappa shape index (κ2) is 9.79. The number of amides is 1. The summed E-state index contributed by atoms with van der Waals surface area (Å²) < 4.78 is 12.8. The third-order valence-corrected chi connectivity index (χ3v) is 6.39. The van der Waals surface area contributed by atoms with Crippen LogP contribution in [-0.4, -0.2) is 53.7 Å². The van der Waals surface area contributed by atoms with E-state index in [9.17, 15) is 4.79 Å². The highest BCUT2D eigenvalue weighted by Gasteiger charge is 2.45. The lowest BCUT2D eigenvalue weighted by atomic mass is 9.80. The number of carbonyl (C=O) groups excluding carboxylic acids is 1. The molecule has 0 saturated carbocycles. The van der Waals surface area contributed by atoms with E-state index in [1.54, 1.807) is 6.20 Å². The molecule has 1 amide bonds. The van der Waals surface area contributed by atoms with Gasteiger partial charge in [0, 0.05) is 45.3 Å². The molecule has 2 aliphatic heterocycles. The average molecular weight is 424 g/mol. The maximum absolute atomic E-state index is 13.2. The Balaban J connectivity index is 1.47. The van der Waals surface area contributed by atoms with Gasteiger partial charge in [-0.05, 0) is 44.4 Å². The van der Waals surface area contributed by atoms with Crippen molar-refractivity contribution in [3.05, 3.63) is 59.8 Å². The van der Waals surface area contributed by atoms with Crippen molar-refractivity contribution in [3.8, 4) is 0 Å². The molecule has 2 aromatic rings. The smallest absolute Gasteiger partial charge is 0.257 e. The highest BCUT2D eigenvalue weighted by Crippen LogP contribution is 2.44. The summed E-state index contributed by atoms with van der Waals surface area (Å²) in [6, 6.07) is 14.1. The van der Waals surface area contributed by atoms with Crippen molar-refractivity contribution >= 4 is 11.7 Å². The van der Waals surface area contributed by atoms with Gasteiger partial charge >= 0.3 is 0 Å². The summed E-state index contributed by atoms with van der Waals surface area (Å²) in [6.45, 7) is 6.86. The van der Waals surface area contributed by atoms with Crippen LogP contribution in [-0.2, 0) is 9.47 Å². The van der Waals surface area contributed by atoms with E-state index >= 15 is 0 Å². The second-order valence-electron chi connectivity index (χ2n) is 8.44. The number of carbonyl (C=O) groups is 1. The van der Waals surface area contributed by atoms with Crippen molar-refractivity contribution in [3.63, 3.8) is 0 Å². The molecular weight excluding hydrogens is 390 g/mol. The van der Waals surface area contributed by atoms with Crippen LogP contribution in [0.25, 0.3) is 0 Å². The zero-order valence-electron chi connectivity index (χ0n) is 18.5. The van der Waals surface area contributed by atoms with Crippen LogP contribution in [0.2, 0.25) is 0 Å². The molecular formula is C25H33N3O3. The number of benzene rings is 1. The van der Waals surface area contributed by atoms with E-state index < -0.39 is 0 Å². The van der Waals surface area contributed by atoms with Crippen molar-refractivity contribution in [2.75, 3.05) is 31.6 Å². The third kappa shape index (κ3) is 4.91. The Morgan fingerprint density at radius 2 is 1.97 bits per heavy atom. The van der Waals surface area contributed by atoms with Crippen LogP contribution in [0.15, 0.2) is 48.7 Å². The predicted molar refractivity (Wildman–Crippen MR) is 121 cm³/mol. The number of hydrogen-bond donors (Lipinski definition) is 1. The number of rotatable bonds is 6. The lowest BCUT2D eigenvalue weighted by Crippen LogP contribution is -2.52. The van der Waals surface area contributed by atoms with Gasteiger partial charge in [-0.2, -0.15) is 0 Å². The molecule has 3 heterocycles. The zero-order chi connectivity index (χ0) is 21.7. The minimum Gasteiger partial charge on any atom is -0.378 e. The molecule has 2 atom stereocenters. The van der Waals surface area contributed by atoms with Crippen LogP contribution in [0.4, 0.5) is 5.82 Å². The summed E-state index contributed by atoms with van der Waals surface area (Å²) in [7, 11) is 0. The van der Waals surface area contributed by atoms with E-state index in [1.807, 2.05) is 30.0 Å². The second-order valence-corrected chi connectivity index (χ2v) is 8.44. The van der Waals surface area contributed by atoms with Crippen molar-refractivity contribution in [1.82, 2.24) is 9.88 Å². The van der Waals surface area contributed by atoms with Gasteiger partial charge in [0.2, 0.25) is 0 Å². The van der Waals surface area contributed by atoms with E-state index in [2.05, 4.69) is 41.5 Å². The molecule has 2 fully saturated rings. The quantitative estimate of drug-likeness (QED) is 0.744. The number of ether oxygens (including phenoxy) is 2. The number of aromatic nitrogens is 1. The Kier molecular flexibility index (Phi) is 6.88. The Bertz CT molecular complexity index is 865. The molecule has 2 unspecified atom stereocenters. The van der Waals surface area contributed by atoms with E-state index in [0.717, 1.165) is 32.2 Å². The predicted octanol–water partition coefficient (Wildman–Crippen LogP) is 4.45. The van der Waals surface area contributed by atoms with Gasteiger partial charge < -0.3 is 19.7 Å². The standard InChI is InChI=1S/C25H33N3O3/c1-3-26-23-21(11-8-14-27-23)24(29)28-15-12-25(13-16-28)18-20(30-4-2)17-22(31-25)19-9-6-5-7-10-19/h5-11,14,20,22H,3-4,12-13,15-18H2,1-2H3,(H,26,27). The number of nitrogens with one attached hydrogen (secondary N) is 1. The van der Waals surface area contributed by atoms with Crippen LogP contribution >= 0.6 is 0 Å². The van der Waals surface area contributed by atoms with Gasteiger partial charge in [0.05, 0.1) is 23.4 Å². The molecule has 6 nitrogen and oxygen atoms in total. The molecule has 2 aliphatic rings. The summed E-state index contributed by atoms with van der Waals surface area (Å²) in [4.78, 5) is 19.5. The minimum atomic E-state index is -0.241. The number of hydrogen-bond acceptors (Lipinski definition) is 5. The van der Waals surface area contributed by atoms with Gasteiger partial charge in [0.25, 0.3) is 5.91 Å². The summed E-state index contributed by atoms with van der Waals surface area (Å²) in [5.41, 5.74) is 1.60. The fourth-order valence-electron chi connectivity index (χ4n) is 4.87. The summed E-state index contributed by atoms with van der Waals surface area (Å²) in [5, 5.41) is 3.20. The van der Waals surface area contributed by atoms with E-state index in [-0.39, 0.29) is 23.7 Å². The molecule has 1 aromatic heterocycles. The normalized spacial score (nSPS) is 23.0. The number of anilines is 1. The Labute approximate surface area is 185 Å². The minimum absolute atomic E-state index is 0.0347. The molecule has 1 aromatic carbocycles. The van der Waals surface area contributed by atoms with Gasteiger partial charge in [-0.25, -0.2) is 4.98 Å². The van der Waals surface area contributed by atoms with Gasteiger partial charge in [0.15, 0.2) is 0 Å². The number of pyridine rings is 1. The highest BCUT2D eigenvalue weighted by atomic mass is 16.5. The summed E-state index contributed by atoms with van der Waals surface area (Å²) in [6.07, 6.45) is 5.35. The first-order valence-corrected chi connectivity index (χ1v) is 11.5. The monoisotopic (exact) mass is 423 g/mol. The summed E-state index contributed by atoms with van der Waals surface area (Å²) >= 11 is 0. The molecule has 2 saturated heterocycles. The number of nitrogens with zero attached hydrogens (tertiary/aromatic N) is 2. The first kappa shape index (κ1) is 21.8. The van der Waals surface area contributed by atoms with Gasteiger partial charge in [0.1, 0.15) is 5.82 Å². The Hall–Kier alpha value is -2.44. The van der Waals surface area contributed by atoms with Gasteiger partial charge in [-0.15, -0.1) is 0 Å². The average Bonchev–Trinajstić information content (AvgIpc) is 2.80. The van der Waals surface area contributed by atoms with Crippen molar-refractivity contribution in [1.29, 1.82) is 0 Å². The fraction of sp³-hybridized carbons (Fsp3) is 0.520. The Morgan fingerprint density at radius 1 is 1.19 bits per heavy atom. The zero-order valence-corrected chi connectivity index (χ0v) is 18.5.